The molecule has 0 saturated carbocycles. The summed E-state index contributed by atoms with van der Waals surface area (Å²) in [6.07, 6.45) is -2.22. The number of fused-ring (bicyclic) bond motifs is 2. The van der Waals surface area contributed by atoms with Crippen LogP contribution in [0.15, 0.2) is 77.7 Å². The number of nitrogens with zero attached hydrogens (tertiary/aromatic N) is 2. The molecule has 1 unspecified atom stereocenters. The first-order valence-electron chi connectivity index (χ1n) is 12.6. The Kier molecular flexibility index (Phi) is 7.10. The average Bonchev–Trinajstić information content (AvgIpc) is 3.05. The van der Waals surface area contributed by atoms with Crippen molar-refractivity contribution >= 4 is 11.8 Å². The minimum atomic E-state index is -4.43. The number of halogens is 3. The molecule has 0 aliphatic carbocycles. The van der Waals surface area contributed by atoms with Gasteiger partial charge >= 0.3 is 6.18 Å². The highest BCUT2D eigenvalue weighted by Crippen LogP contribution is 2.47. The lowest BCUT2D eigenvalue weighted by molar-refractivity contribution is -0.137. The highest BCUT2D eigenvalue weighted by Gasteiger charge is 2.40. The summed E-state index contributed by atoms with van der Waals surface area (Å²) < 4.78 is 39.5. The second-order valence-corrected chi connectivity index (χ2v) is 11.0. The van der Waals surface area contributed by atoms with Crippen molar-refractivity contribution in [3.05, 3.63) is 101 Å². The van der Waals surface area contributed by atoms with E-state index in [1.807, 2.05) is 24.3 Å². The summed E-state index contributed by atoms with van der Waals surface area (Å²) in [5.41, 5.74) is 0.930. The van der Waals surface area contributed by atoms with Gasteiger partial charge in [-0.1, -0.05) is 54.6 Å². The highest BCUT2D eigenvalue weighted by molar-refractivity contribution is 7.98. The predicted octanol–water partition coefficient (Wildman–Crippen LogP) is 6.88. The molecular weight excluding hydrogens is 493 g/mol. The lowest BCUT2D eigenvalue weighted by atomic mass is 9.71. The Hall–Kier alpha value is -2.79. The monoisotopic (exact) mass is 522 g/mol. The van der Waals surface area contributed by atoms with Crippen LogP contribution in [0.25, 0.3) is 0 Å². The lowest BCUT2D eigenvalue weighted by Gasteiger charge is -2.39. The van der Waals surface area contributed by atoms with E-state index >= 15 is 0 Å². The number of alkyl halides is 3. The third-order valence-corrected chi connectivity index (χ3v) is 8.96. The second kappa shape index (κ2) is 10.2. The number of piperidine rings is 1. The molecule has 0 spiro atoms. The third kappa shape index (κ3) is 5.03. The molecule has 0 aromatic heterocycles. The molecule has 1 fully saturated rings. The van der Waals surface area contributed by atoms with Gasteiger partial charge in [0.2, 0.25) is 0 Å². The summed E-state index contributed by atoms with van der Waals surface area (Å²) in [5.74, 6) is 0.830. The highest BCUT2D eigenvalue weighted by atomic mass is 32.2. The Morgan fingerprint density at radius 3 is 2.38 bits per heavy atom. The molecule has 192 valence electrons. The molecule has 1 atom stereocenters. The molecule has 1 saturated heterocycles. The fourth-order valence-corrected chi connectivity index (χ4v) is 6.88. The van der Waals surface area contributed by atoms with Gasteiger partial charge in [-0.3, -0.25) is 0 Å². The SMILES string of the molecule is N#CC1(CCCN2CCC(O)(c3cccc(C(F)(F)F)c3)CC2)c2ccccc2CSc2ccccc21. The standard InChI is InChI=1S/C30H29F3N2OS/c31-30(32,33)24-9-5-8-23(19-24)29(36)14-17-35(18-15-29)16-6-13-28(21-34)25-10-2-1-7-22(25)20-37-27-12-4-3-11-26(27)28/h1-5,7-12,19,36H,6,13-18,20H2. The summed E-state index contributed by atoms with van der Waals surface area (Å²) >= 11 is 1.77. The number of rotatable bonds is 5. The van der Waals surface area contributed by atoms with Crippen LogP contribution in [0, 0.1) is 11.3 Å². The van der Waals surface area contributed by atoms with E-state index in [1.54, 1.807) is 17.8 Å². The summed E-state index contributed by atoms with van der Waals surface area (Å²) in [5, 5.41) is 21.8. The second-order valence-electron chi connectivity index (χ2n) is 10.0. The maximum absolute atomic E-state index is 13.2. The molecule has 2 aliphatic rings. The first-order chi connectivity index (χ1) is 17.7. The number of benzene rings is 3. The van der Waals surface area contributed by atoms with Crippen LogP contribution in [0.5, 0.6) is 0 Å². The number of likely N-dealkylation sites (tertiary alicyclic amines) is 1. The predicted molar refractivity (Wildman–Crippen MR) is 139 cm³/mol. The largest absolute Gasteiger partial charge is 0.416 e. The van der Waals surface area contributed by atoms with Crippen LogP contribution >= 0.6 is 11.8 Å². The van der Waals surface area contributed by atoms with Gasteiger partial charge in [-0.05, 0) is 72.7 Å². The van der Waals surface area contributed by atoms with Crippen LogP contribution < -0.4 is 0 Å². The average molecular weight is 523 g/mol. The van der Waals surface area contributed by atoms with E-state index in [0.717, 1.165) is 46.9 Å². The maximum Gasteiger partial charge on any atom is 0.416 e. The maximum atomic E-state index is 13.2. The van der Waals surface area contributed by atoms with E-state index < -0.39 is 22.8 Å². The van der Waals surface area contributed by atoms with Crippen LogP contribution in [0.4, 0.5) is 13.2 Å². The van der Waals surface area contributed by atoms with Gasteiger partial charge in [0.05, 0.1) is 17.2 Å². The van der Waals surface area contributed by atoms with Crippen molar-refractivity contribution in [3.8, 4) is 6.07 Å². The van der Waals surface area contributed by atoms with Crippen molar-refractivity contribution < 1.29 is 18.3 Å². The van der Waals surface area contributed by atoms with Gasteiger partial charge in [-0.2, -0.15) is 18.4 Å². The first-order valence-corrected chi connectivity index (χ1v) is 13.6. The van der Waals surface area contributed by atoms with Crippen LogP contribution in [0.3, 0.4) is 0 Å². The number of hydrogen-bond acceptors (Lipinski definition) is 4. The molecule has 2 aliphatic heterocycles. The van der Waals surface area contributed by atoms with Gasteiger partial charge in [-0.15, -0.1) is 11.8 Å². The molecule has 0 amide bonds. The Morgan fingerprint density at radius 1 is 0.946 bits per heavy atom. The normalized spacial score (nSPS) is 21.4. The summed E-state index contributed by atoms with van der Waals surface area (Å²) in [7, 11) is 0. The van der Waals surface area contributed by atoms with Gasteiger partial charge in [0.15, 0.2) is 0 Å². The fraction of sp³-hybridized carbons (Fsp3) is 0.367. The number of hydrogen-bond donors (Lipinski definition) is 1. The molecule has 0 bridgehead atoms. The minimum Gasteiger partial charge on any atom is -0.385 e. The Labute approximate surface area is 219 Å². The number of nitriles is 1. The van der Waals surface area contributed by atoms with E-state index in [9.17, 15) is 23.5 Å². The summed E-state index contributed by atoms with van der Waals surface area (Å²) in [4.78, 5) is 3.39. The van der Waals surface area contributed by atoms with E-state index in [4.69, 9.17) is 0 Å². The molecule has 0 radical (unpaired) electrons. The molecule has 37 heavy (non-hydrogen) atoms. The van der Waals surface area contributed by atoms with Gasteiger partial charge in [0.25, 0.3) is 0 Å². The van der Waals surface area contributed by atoms with Crippen LogP contribution in [-0.4, -0.2) is 29.6 Å². The number of thioether (sulfide) groups is 1. The van der Waals surface area contributed by atoms with Crippen molar-refractivity contribution in [1.29, 1.82) is 5.26 Å². The van der Waals surface area contributed by atoms with Gasteiger partial charge < -0.3 is 10.0 Å². The van der Waals surface area contributed by atoms with E-state index in [1.165, 1.54) is 11.6 Å². The molecule has 3 aromatic rings. The Balaban J connectivity index is 1.29. The fourth-order valence-electron chi connectivity index (χ4n) is 5.74. The Morgan fingerprint density at radius 2 is 1.65 bits per heavy atom. The van der Waals surface area contributed by atoms with Crippen molar-refractivity contribution in [3.63, 3.8) is 0 Å². The van der Waals surface area contributed by atoms with E-state index in [-0.39, 0.29) is 0 Å². The Bertz CT molecular complexity index is 1260. The van der Waals surface area contributed by atoms with E-state index in [0.29, 0.717) is 37.9 Å². The zero-order chi connectivity index (χ0) is 26.1. The quantitative estimate of drug-likeness (QED) is 0.397. The van der Waals surface area contributed by atoms with Crippen molar-refractivity contribution in [2.45, 2.75) is 53.5 Å². The topological polar surface area (TPSA) is 47.3 Å². The lowest BCUT2D eigenvalue weighted by Crippen LogP contribution is -2.43. The van der Waals surface area contributed by atoms with Crippen molar-refractivity contribution in [2.75, 3.05) is 19.6 Å². The molecule has 5 rings (SSSR count). The smallest absolute Gasteiger partial charge is 0.385 e. The van der Waals surface area contributed by atoms with Crippen molar-refractivity contribution in [2.24, 2.45) is 0 Å². The van der Waals surface area contributed by atoms with Gasteiger partial charge in [-0.25, -0.2) is 0 Å². The van der Waals surface area contributed by atoms with Crippen LogP contribution in [-0.2, 0) is 22.9 Å². The minimum absolute atomic E-state index is 0.328. The molecule has 1 N–H and O–H groups in total. The molecule has 7 heteroatoms. The van der Waals surface area contributed by atoms with Gasteiger partial charge in [0.1, 0.15) is 5.41 Å². The molecule has 3 nitrogen and oxygen atoms in total. The molecule has 2 heterocycles. The number of aliphatic hydroxyl groups is 1. The van der Waals surface area contributed by atoms with Crippen molar-refractivity contribution in [1.82, 2.24) is 4.90 Å². The third-order valence-electron chi connectivity index (χ3n) is 7.83. The zero-order valence-corrected chi connectivity index (χ0v) is 21.3. The van der Waals surface area contributed by atoms with E-state index in [2.05, 4.69) is 35.2 Å². The summed E-state index contributed by atoms with van der Waals surface area (Å²) in [6.45, 7) is 1.95. The molecule has 3 aromatic carbocycles. The first kappa shape index (κ1) is 25.8. The summed E-state index contributed by atoms with van der Waals surface area (Å²) in [6, 6.07) is 24.2. The van der Waals surface area contributed by atoms with Crippen LogP contribution in [0.1, 0.15) is 53.5 Å². The molecular formula is C30H29F3N2OS. The van der Waals surface area contributed by atoms with Gasteiger partial charge in [0, 0.05) is 23.7 Å². The van der Waals surface area contributed by atoms with Crippen LogP contribution in [0.2, 0.25) is 0 Å². The zero-order valence-electron chi connectivity index (χ0n) is 20.5.